The highest BCUT2D eigenvalue weighted by molar-refractivity contribution is 14.1. The van der Waals surface area contributed by atoms with Crippen LogP contribution < -0.4 is 25.1 Å². The first-order valence-corrected chi connectivity index (χ1v) is 19.7. The normalized spacial score (nSPS) is 10.9. The minimum absolute atomic E-state index is 0.0210. The Morgan fingerprint density at radius 3 is 0.959 bits per heavy atom. The molecule has 0 aliphatic rings. The predicted molar refractivity (Wildman–Crippen MR) is 208 cm³/mol. The first-order valence-electron chi connectivity index (χ1n) is 18.2. The molecule has 11 nitrogen and oxygen atoms in total. The van der Waals surface area contributed by atoms with E-state index < -0.39 is 13.3 Å². The maximum Gasteiger partial charge on any atom is 0.174 e. The summed E-state index contributed by atoms with van der Waals surface area (Å²) in [6.07, 6.45) is 0. The van der Waals surface area contributed by atoms with Gasteiger partial charge in [0, 0.05) is 5.56 Å². The number of carbonyl (C=O) groups is 1. The van der Waals surface area contributed by atoms with E-state index in [1.165, 1.54) is 109 Å². The largest absolute Gasteiger partial charge is 0.907 e. The second-order valence-corrected chi connectivity index (χ2v) is 13.3. The van der Waals surface area contributed by atoms with Gasteiger partial charge in [0.25, 0.3) is 0 Å². The molecule has 1 aromatic rings. The monoisotopic (exact) mass is 817 g/mol. The van der Waals surface area contributed by atoms with Crippen LogP contribution in [-0.2, 0) is 4.89 Å². The number of rotatable bonds is 16. The Morgan fingerprint density at radius 2 is 0.796 bits per heavy atom. The van der Waals surface area contributed by atoms with Gasteiger partial charge in [0.2, 0.25) is 0 Å². The summed E-state index contributed by atoms with van der Waals surface area (Å²) in [7, 11) is 6.25. The third kappa shape index (κ3) is 32.6. The lowest BCUT2D eigenvalue weighted by Crippen LogP contribution is -2.56. The van der Waals surface area contributed by atoms with Crippen LogP contribution in [0.25, 0.3) is 0 Å². The number of carboxylic acid groups (broad SMARTS) is 1. The van der Waals surface area contributed by atoms with Gasteiger partial charge in [0.05, 0.1) is 113 Å². The molecular weight excluding hydrogens is 738 g/mol. The topological polar surface area (TPSA) is 128 Å². The van der Waals surface area contributed by atoms with Crippen LogP contribution >= 0.6 is 22.6 Å². The van der Waals surface area contributed by atoms with Crippen molar-refractivity contribution < 1.29 is 52.7 Å². The molecule has 0 radical (unpaired) electrons. The molecule has 1 rings (SSSR count). The highest BCUT2D eigenvalue weighted by atomic mass is 127. The lowest BCUT2D eigenvalue weighted by Gasteiger charge is -2.35. The first-order chi connectivity index (χ1) is 22.7. The van der Waals surface area contributed by atoms with Crippen LogP contribution in [0.3, 0.4) is 0 Å². The standard InChI is InChI=1S/C8H7IO4.4C7H18N.BO3/c9-5-12-13-7-4-2-1-3-6(7)8(10)11;4*1-5-8(4,6-2)7-3;2-1(3)4/h1-4H,5H2,(H,10,11);4*5-7H2,1-4H3;/q;4*+1;-3/p-1. The van der Waals surface area contributed by atoms with E-state index in [1.54, 1.807) is 12.1 Å². The lowest BCUT2D eigenvalue weighted by molar-refractivity contribution is -0.904. The van der Waals surface area contributed by atoms with Gasteiger partial charge in [-0.2, -0.15) is 4.89 Å². The molecule has 0 bridgehead atoms. The van der Waals surface area contributed by atoms with Crippen molar-refractivity contribution in [1.82, 2.24) is 0 Å². The van der Waals surface area contributed by atoms with E-state index in [1.807, 2.05) is 22.6 Å². The molecule has 0 atom stereocenters. The molecule has 0 heterocycles. The van der Waals surface area contributed by atoms with E-state index in [9.17, 15) is 9.90 Å². The van der Waals surface area contributed by atoms with Gasteiger partial charge >= 0.3 is 0 Å². The molecule has 0 unspecified atom stereocenters. The van der Waals surface area contributed by atoms with Crippen molar-refractivity contribution >= 4 is 35.9 Å². The molecule has 49 heavy (non-hydrogen) atoms. The van der Waals surface area contributed by atoms with Crippen LogP contribution in [0, 0.1) is 0 Å². The van der Waals surface area contributed by atoms with E-state index in [2.05, 4.69) is 116 Å². The number of halogens is 1. The van der Waals surface area contributed by atoms with Gasteiger partial charge < -0.3 is 47.8 Å². The number of hydrogen-bond donors (Lipinski definition) is 0. The molecule has 294 valence electrons. The molecule has 0 N–H and O–H groups in total. The van der Waals surface area contributed by atoms with Crippen LogP contribution in [0.15, 0.2) is 24.3 Å². The van der Waals surface area contributed by atoms with E-state index in [4.69, 9.17) is 20.0 Å². The first kappa shape index (κ1) is 57.3. The van der Waals surface area contributed by atoms with Gasteiger partial charge in [0.15, 0.2) is 5.75 Å². The number of alkyl halides is 1. The molecule has 0 aromatic heterocycles. The maximum absolute atomic E-state index is 10.5. The van der Waals surface area contributed by atoms with Gasteiger partial charge in [-0.05, 0) is 95.2 Å². The summed E-state index contributed by atoms with van der Waals surface area (Å²) in [5, 5.41) is 35.8. The van der Waals surface area contributed by atoms with Gasteiger partial charge in [-0.15, -0.1) is 0 Å². The maximum atomic E-state index is 10.5. The molecule has 0 fully saturated rings. The Bertz CT molecular complexity index is 762. The molecule has 0 aliphatic heterocycles. The SMILES string of the molecule is CC[N+](C)(CC)CC.CC[N+](C)(CC)CC.CC[N+](C)(CC)CC.CC[N+](C)(CC)CC.O=C([O-])c1ccccc1OOCI.[O-]B([O-])[O-]. The Labute approximate surface area is 317 Å². The van der Waals surface area contributed by atoms with E-state index in [0.717, 1.165) is 0 Å². The molecule has 0 saturated heterocycles. The fourth-order valence-electron chi connectivity index (χ4n) is 3.48. The van der Waals surface area contributed by atoms with Crippen molar-refractivity contribution in [3.63, 3.8) is 0 Å². The number of quaternary nitrogens is 4. The van der Waals surface area contributed by atoms with Crippen LogP contribution in [0.2, 0.25) is 0 Å². The highest BCUT2D eigenvalue weighted by Crippen LogP contribution is 2.17. The minimum atomic E-state index is -2.92. The molecule has 1 aromatic carbocycles. The summed E-state index contributed by atoms with van der Waals surface area (Å²) >= 11 is 1.93. The van der Waals surface area contributed by atoms with Crippen molar-refractivity contribution in [3.05, 3.63) is 29.8 Å². The van der Waals surface area contributed by atoms with E-state index >= 15 is 0 Å². The minimum Gasteiger partial charge on any atom is -0.907 e. The number of carboxylic acids is 1. The number of para-hydroxylation sites is 1. The van der Waals surface area contributed by atoms with E-state index in [0.29, 0.717) is 4.61 Å². The summed E-state index contributed by atoms with van der Waals surface area (Å²) in [6, 6.07) is 6.12. The second-order valence-electron chi connectivity index (χ2n) is 12.7. The number of benzene rings is 1. The fraction of sp³-hybridized carbons (Fsp3) is 0.806. The van der Waals surface area contributed by atoms with Gasteiger partial charge in [-0.1, -0.05) is 34.7 Å². The fourth-order valence-corrected chi connectivity index (χ4v) is 3.60. The van der Waals surface area contributed by atoms with Crippen molar-refractivity contribution in [2.45, 2.75) is 83.1 Å². The second kappa shape index (κ2) is 34.1. The Morgan fingerprint density at radius 1 is 0.571 bits per heavy atom. The Balaban J connectivity index is -0.000000163. The van der Waals surface area contributed by atoms with Crippen LogP contribution in [0.5, 0.6) is 5.75 Å². The number of carbonyl (C=O) groups excluding carboxylic acids is 1. The third-order valence-electron chi connectivity index (χ3n) is 10.5. The Hall–Kier alpha value is -1.04. The molecule has 0 saturated carbocycles. The predicted octanol–water partition coefficient (Wildman–Crippen LogP) is 2.78. The number of hydrogen-bond acceptors (Lipinski definition) is 7. The Kier molecular flexibility index (Phi) is 39.9. The third-order valence-corrected chi connectivity index (χ3v) is 10.7. The summed E-state index contributed by atoms with van der Waals surface area (Å²) in [4.78, 5) is 19.9. The summed E-state index contributed by atoms with van der Waals surface area (Å²) < 4.78 is 5.15. The van der Waals surface area contributed by atoms with Crippen molar-refractivity contribution in [2.75, 3.05) is 111 Å². The number of aromatic carboxylic acids is 1. The summed E-state index contributed by atoms with van der Waals surface area (Å²) in [6.45, 7) is 42.0. The van der Waals surface area contributed by atoms with Gasteiger partial charge in [0.1, 0.15) is 4.61 Å². The summed E-state index contributed by atoms with van der Waals surface area (Å²) in [5.41, 5.74) is -0.0210. The quantitative estimate of drug-likeness (QED) is 0.0628. The van der Waals surface area contributed by atoms with Crippen molar-refractivity contribution in [1.29, 1.82) is 0 Å². The molecule has 0 aliphatic carbocycles. The summed E-state index contributed by atoms with van der Waals surface area (Å²) in [5.74, 6) is -1.13. The van der Waals surface area contributed by atoms with E-state index in [-0.39, 0.29) is 11.3 Å². The van der Waals surface area contributed by atoms with Crippen molar-refractivity contribution in [2.24, 2.45) is 0 Å². The zero-order valence-corrected chi connectivity index (χ0v) is 36.8. The molecule has 13 heteroatoms. The zero-order valence-electron chi connectivity index (χ0n) is 34.6. The molecule has 0 amide bonds. The van der Waals surface area contributed by atoms with Gasteiger partial charge in [-0.3, -0.25) is 7.32 Å². The molecular formula is C36H78BIN4O7. The van der Waals surface area contributed by atoms with Crippen LogP contribution in [0.1, 0.15) is 93.4 Å². The lowest BCUT2D eigenvalue weighted by atomic mass is 10.2. The highest BCUT2D eigenvalue weighted by Gasteiger charge is 2.13. The van der Waals surface area contributed by atoms with Crippen molar-refractivity contribution in [3.8, 4) is 5.75 Å². The smallest absolute Gasteiger partial charge is 0.174 e. The van der Waals surface area contributed by atoms with Gasteiger partial charge in [-0.25, -0.2) is 0 Å². The molecule has 0 spiro atoms. The number of nitrogens with zero attached hydrogens (tertiary/aromatic N) is 4. The average Bonchev–Trinajstić information content (AvgIpc) is 3.13. The average molecular weight is 817 g/mol. The van der Waals surface area contributed by atoms with Crippen LogP contribution in [-0.4, -0.2) is 143 Å². The zero-order chi connectivity index (χ0) is 39.7. The van der Waals surface area contributed by atoms with Crippen LogP contribution in [0.4, 0.5) is 0 Å².